The fraction of sp³-hybridized carbons (Fsp3) is 0.483. The highest BCUT2D eigenvalue weighted by atomic mass is 16.2. The van der Waals surface area contributed by atoms with Crippen molar-refractivity contribution >= 4 is 17.8 Å². The predicted molar refractivity (Wildman–Crippen MR) is 137 cm³/mol. The van der Waals surface area contributed by atoms with Crippen LogP contribution in [0.15, 0.2) is 48.0 Å². The summed E-state index contributed by atoms with van der Waals surface area (Å²) in [5.41, 5.74) is 7.86. The molecule has 2 heterocycles. The molecule has 0 unspecified atom stereocenters. The lowest BCUT2D eigenvalue weighted by molar-refractivity contribution is 0.194. The molecule has 174 valence electrons. The van der Waals surface area contributed by atoms with E-state index in [0.29, 0.717) is 5.92 Å². The molecule has 2 aromatic rings. The van der Waals surface area contributed by atoms with Gasteiger partial charge >= 0.3 is 6.03 Å². The van der Waals surface area contributed by atoms with E-state index in [-0.39, 0.29) is 6.03 Å². The number of benzene rings is 2. The number of amides is 2. The number of urea groups is 1. The molecule has 4 heteroatoms. The van der Waals surface area contributed by atoms with Gasteiger partial charge in [-0.1, -0.05) is 54.0 Å². The third-order valence-electron chi connectivity index (χ3n) is 7.68. The van der Waals surface area contributed by atoms with Crippen LogP contribution in [0.25, 0.3) is 6.08 Å². The number of likely N-dealkylation sites (tertiary alicyclic amines) is 2. The van der Waals surface area contributed by atoms with E-state index in [0.717, 1.165) is 51.0 Å². The van der Waals surface area contributed by atoms with E-state index in [1.165, 1.54) is 54.6 Å². The molecule has 2 amide bonds. The van der Waals surface area contributed by atoms with Crippen LogP contribution in [0.1, 0.15) is 66.7 Å². The molecule has 2 aromatic carbocycles. The molecule has 0 aromatic heterocycles. The topological polar surface area (TPSA) is 35.6 Å². The molecule has 1 N–H and O–H groups in total. The highest BCUT2D eigenvalue weighted by Gasteiger charge is 2.24. The average Bonchev–Trinajstić information content (AvgIpc) is 2.85. The third kappa shape index (κ3) is 5.50. The summed E-state index contributed by atoms with van der Waals surface area (Å²) in [6.45, 7) is 7.38. The minimum atomic E-state index is 0.0365. The van der Waals surface area contributed by atoms with E-state index < -0.39 is 0 Å². The van der Waals surface area contributed by atoms with Gasteiger partial charge in [-0.3, -0.25) is 4.90 Å². The molecule has 1 aliphatic carbocycles. The molecule has 0 atom stereocenters. The highest BCUT2D eigenvalue weighted by Crippen LogP contribution is 2.30. The molecule has 0 radical (unpaired) electrons. The Morgan fingerprint density at radius 3 is 2.45 bits per heavy atom. The molecule has 2 aliphatic heterocycles. The number of nitrogens with zero attached hydrogens (tertiary/aromatic N) is 2. The standard InChI is InChI=1S/C29H37N3O/c1-22-5-8-24(9-6-22)25-13-17-32(18-14-25)29(33)30-28-12-11-26-19-23(7-10-27(26)20-28)21-31-15-3-2-4-16-31/h5-6,8-9,11-12,19-20,25H,2-4,7,10,13-18,21H2,1H3,(H,30,33). The van der Waals surface area contributed by atoms with Crippen LogP contribution in [0.3, 0.4) is 0 Å². The fourth-order valence-electron chi connectivity index (χ4n) is 5.61. The maximum atomic E-state index is 12.9. The minimum absolute atomic E-state index is 0.0365. The van der Waals surface area contributed by atoms with Gasteiger partial charge in [-0.2, -0.15) is 0 Å². The van der Waals surface area contributed by atoms with E-state index >= 15 is 0 Å². The Balaban J connectivity index is 1.15. The quantitative estimate of drug-likeness (QED) is 0.609. The van der Waals surface area contributed by atoms with Crippen molar-refractivity contribution in [3.05, 3.63) is 70.3 Å². The van der Waals surface area contributed by atoms with Crippen LogP contribution in [0.4, 0.5) is 10.5 Å². The monoisotopic (exact) mass is 443 g/mol. The number of carbonyl (C=O) groups excluding carboxylic acids is 1. The second kappa shape index (κ2) is 10.1. The Morgan fingerprint density at radius 2 is 1.70 bits per heavy atom. The van der Waals surface area contributed by atoms with Gasteiger partial charge in [0.2, 0.25) is 0 Å². The number of anilines is 1. The maximum Gasteiger partial charge on any atom is 0.321 e. The summed E-state index contributed by atoms with van der Waals surface area (Å²) in [6, 6.07) is 15.3. The molecule has 2 saturated heterocycles. The SMILES string of the molecule is Cc1ccc(C2CCN(C(=O)Nc3ccc4c(c3)CCC(CN3CCCCC3)=C4)CC2)cc1. The molecule has 0 bridgehead atoms. The van der Waals surface area contributed by atoms with E-state index in [2.05, 4.69) is 65.7 Å². The first kappa shape index (κ1) is 22.2. The van der Waals surface area contributed by atoms with Crippen molar-refractivity contribution in [3.63, 3.8) is 0 Å². The van der Waals surface area contributed by atoms with Crippen molar-refractivity contribution < 1.29 is 4.79 Å². The summed E-state index contributed by atoms with van der Waals surface area (Å²) in [6.07, 6.45) is 10.7. The van der Waals surface area contributed by atoms with Crippen LogP contribution in [0.5, 0.6) is 0 Å². The Morgan fingerprint density at radius 1 is 0.939 bits per heavy atom. The maximum absolute atomic E-state index is 12.9. The van der Waals surface area contributed by atoms with Gasteiger partial charge in [0, 0.05) is 25.3 Å². The Bertz CT molecular complexity index is 996. The van der Waals surface area contributed by atoms with Gasteiger partial charge in [-0.15, -0.1) is 0 Å². The lowest BCUT2D eigenvalue weighted by Crippen LogP contribution is -2.40. The zero-order chi connectivity index (χ0) is 22.6. The van der Waals surface area contributed by atoms with Crippen LogP contribution >= 0.6 is 0 Å². The van der Waals surface area contributed by atoms with E-state index in [1.54, 1.807) is 5.57 Å². The lowest BCUT2D eigenvalue weighted by atomic mass is 9.89. The fourth-order valence-corrected chi connectivity index (χ4v) is 5.61. The minimum Gasteiger partial charge on any atom is -0.324 e. The van der Waals surface area contributed by atoms with E-state index in [4.69, 9.17) is 0 Å². The smallest absolute Gasteiger partial charge is 0.321 e. The second-order valence-electron chi connectivity index (χ2n) is 10.2. The molecule has 3 aliphatic rings. The number of piperidine rings is 2. The van der Waals surface area contributed by atoms with Gasteiger partial charge in [-0.25, -0.2) is 4.79 Å². The number of aryl methyl sites for hydroxylation is 2. The van der Waals surface area contributed by atoms with E-state index in [1.807, 2.05) is 4.90 Å². The molecular weight excluding hydrogens is 406 g/mol. The van der Waals surface area contributed by atoms with Crippen molar-refractivity contribution in [2.45, 2.75) is 57.8 Å². The van der Waals surface area contributed by atoms with Crippen LogP contribution in [0, 0.1) is 6.92 Å². The molecule has 0 spiro atoms. The van der Waals surface area contributed by atoms with Gasteiger partial charge in [0.05, 0.1) is 0 Å². The van der Waals surface area contributed by atoms with Crippen LogP contribution < -0.4 is 5.32 Å². The summed E-state index contributed by atoms with van der Waals surface area (Å²) in [5, 5.41) is 3.16. The Kier molecular flexibility index (Phi) is 6.82. The predicted octanol–water partition coefficient (Wildman–Crippen LogP) is 6.22. The first-order chi connectivity index (χ1) is 16.1. The molecule has 2 fully saturated rings. The summed E-state index contributed by atoms with van der Waals surface area (Å²) < 4.78 is 0. The summed E-state index contributed by atoms with van der Waals surface area (Å²) in [5.74, 6) is 0.560. The van der Waals surface area contributed by atoms with Crippen molar-refractivity contribution in [2.24, 2.45) is 0 Å². The number of hydrogen-bond acceptors (Lipinski definition) is 2. The largest absolute Gasteiger partial charge is 0.324 e. The molecule has 33 heavy (non-hydrogen) atoms. The average molecular weight is 444 g/mol. The first-order valence-electron chi connectivity index (χ1n) is 12.8. The molecular formula is C29H37N3O. The van der Waals surface area contributed by atoms with Crippen molar-refractivity contribution in [3.8, 4) is 0 Å². The van der Waals surface area contributed by atoms with Gasteiger partial charge in [0.25, 0.3) is 0 Å². The van der Waals surface area contributed by atoms with Crippen molar-refractivity contribution in [1.82, 2.24) is 9.80 Å². The number of rotatable bonds is 4. The zero-order valence-electron chi connectivity index (χ0n) is 20.0. The molecule has 5 rings (SSSR count). The zero-order valence-corrected chi connectivity index (χ0v) is 20.0. The summed E-state index contributed by atoms with van der Waals surface area (Å²) in [4.78, 5) is 17.5. The van der Waals surface area contributed by atoms with Gasteiger partial charge in [0.15, 0.2) is 0 Å². The van der Waals surface area contributed by atoms with Crippen LogP contribution in [0.2, 0.25) is 0 Å². The Hall–Kier alpha value is -2.59. The van der Waals surface area contributed by atoms with Crippen LogP contribution in [-0.4, -0.2) is 48.6 Å². The van der Waals surface area contributed by atoms with E-state index in [9.17, 15) is 4.79 Å². The number of fused-ring (bicyclic) bond motifs is 1. The number of nitrogens with one attached hydrogen (secondary N) is 1. The Labute approximate surface area is 198 Å². The van der Waals surface area contributed by atoms with Crippen molar-refractivity contribution in [2.75, 3.05) is 38.0 Å². The normalized spacial score (nSPS) is 19.7. The summed E-state index contributed by atoms with van der Waals surface area (Å²) in [7, 11) is 0. The van der Waals surface area contributed by atoms with Gasteiger partial charge in [-0.05, 0) is 93.3 Å². The summed E-state index contributed by atoms with van der Waals surface area (Å²) >= 11 is 0. The third-order valence-corrected chi connectivity index (χ3v) is 7.68. The van der Waals surface area contributed by atoms with Gasteiger partial charge < -0.3 is 10.2 Å². The number of carbonyl (C=O) groups is 1. The highest BCUT2D eigenvalue weighted by molar-refractivity contribution is 5.89. The second-order valence-corrected chi connectivity index (χ2v) is 10.2. The molecule has 0 saturated carbocycles. The molecule has 4 nitrogen and oxygen atoms in total. The van der Waals surface area contributed by atoms with Crippen molar-refractivity contribution in [1.29, 1.82) is 0 Å². The number of hydrogen-bond donors (Lipinski definition) is 1. The van der Waals surface area contributed by atoms with Crippen LogP contribution in [-0.2, 0) is 6.42 Å². The first-order valence-corrected chi connectivity index (χ1v) is 12.8. The van der Waals surface area contributed by atoms with Gasteiger partial charge in [0.1, 0.15) is 0 Å². The lowest BCUT2D eigenvalue weighted by Gasteiger charge is -2.32.